The molecule has 0 fully saturated rings. The highest BCUT2D eigenvalue weighted by atomic mass is 35.5. The van der Waals surface area contributed by atoms with Crippen molar-refractivity contribution in [2.24, 2.45) is 0 Å². The lowest BCUT2D eigenvalue weighted by Gasteiger charge is -2.09. The van der Waals surface area contributed by atoms with Gasteiger partial charge >= 0.3 is 0 Å². The monoisotopic (exact) mass is 343 g/mol. The third-order valence-electron chi connectivity index (χ3n) is 2.99. The maximum atomic E-state index is 9.55. The molecule has 8 heteroatoms. The lowest BCUT2D eigenvalue weighted by Crippen LogP contribution is -2.03. The van der Waals surface area contributed by atoms with Crippen LogP contribution in [-0.4, -0.2) is 21.6 Å². The summed E-state index contributed by atoms with van der Waals surface area (Å²) < 4.78 is 7.24. The number of methoxy groups -OCH3 is 1. The zero-order valence-electron chi connectivity index (χ0n) is 10.9. The summed E-state index contributed by atoms with van der Waals surface area (Å²) in [5.74, 6) is 0.455. The van der Waals surface area contributed by atoms with Crippen LogP contribution in [0.4, 0.5) is 5.69 Å². The van der Waals surface area contributed by atoms with Gasteiger partial charge in [-0.05, 0) is 12.1 Å². The number of fused-ring (bicyclic) bond motifs is 1. The van der Waals surface area contributed by atoms with Crippen LogP contribution in [0.15, 0.2) is 23.7 Å². The fourth-order valence-electron chi connectivity index (χ4n) is 1.99. The molecule has 0 amide bonds. The lowest BCUT2D eigenvalue weighted by atomic mass is 10.3. The Morgan fingerprint density at radius 2 is 2.10 bits per heavy atom. The van der Waals surface area contributed by atoms with Crippen LogP contribution in [0.1, 0.15) is 5.69 Å². The smallest absolute Gasteiger partial charge is 0.238 e. The molecule has 2 heterocycles. The minimum absolute atomic E-state index is 0.119. The average Bonchev–Trinajstić information content (AvgIpc) is 3.02. The van der Waals surface area contributed by atoms with Crippen molar-refractivity contribution in [2.75, 3.05) is 12.4 Å². The molecule has 2 aromatic heterocycles. The molecule has 0 bridgehead atoms. The van der Waals surface area contributed by atoms with Gasteiger partial charge in [0.2, 0.25) is 5.88 Å². The highest BCUT2D eigenvalue weighted by Gasteiger charge is 2.14. The van der Waals surface area contributed by atoms with Crippen LogP contribution in [0.5, 0.6) is 11.6 Å². The van der Waals surface area contributed by atoms with Gasteiger partial charge in [-0.2, -0.15) is 4.98 Å². The summed E-state index contributed by atoms with van der Waals surface area (Å²) in [6.45, 7) is 0.485. The normalized spacial score (nSPS) is 11.0. The van der Waals surface area contributed by atoms with E-state index in [4.69, 9.17) is 27.9 Å². The maximum Gasteiger partial charge on any atom is 0.238 e. The van der Waals surface area contributed by atoms with E-state index in [0.717, 1.165) is 10.7 Å². The number of aromatic nitrogens is 2. The van der Waals surface area contributed by atoms with Crippen LogP contribution in [0.25, 0.3) is 4.96 Å². The third kappa shape index (κ3) is 2.62. The van der Waals surface area contributed by atoms with Gasteiger partial charge in [0.15, 0.2) is 10.7 Å². The van der Waals surface area contributed by atoms with Crippen molar-refractivity contribution in [2.45, 2.75) is 6.54 Å². The maximum absolute atomic E-state index is 9.55. The second kappa shape index (κ2) is 5.63. The van der Waals surface area contributed by atoms with Crippen LogP contribution >= 0.6 is 34.5 Å². The molecule has 0 aliphatic rings. The number of phenolic OH excluding ortho intramolecular Hbond substituents is 1. The average molecular weight is 344 g/mol. The van der Waals surface area contributed by atoms with Crippen LogP contribution in [-0.2, 0) is 6.54 Å². The minimum Gasteiger partial charge on any atom is -0.505 e. The van der Waals surface area contributed by atoms with Crippen LogP contribution < -0.4 is 10.1 Å². The van der Waals surface area contributed by atoms with Crippen molar-refractivity contribution in [1.82, 2.24) is 9.38 Å². The molecule has 0 aliphatic carbocycles. The number of ether oxygens (including phenoxy) is 1. The van der Waals surface area contributed by atoms with Crippen molar-refractivity contribution in [3.05, 3.63) is 39.4 Å². The Morgan fingerprint density at radius 1 is 1.38 bits per heavy atom. The van der Waals surface area contributed by atoms with E-state index in [2.05, 4.69) is 10.3 Å². The third-order valence-corrected chi connectivity index (χ3v) is 4.33. The molecule has 3 aromatic rings. The Bertz CT molecular complexity index is 777. The predicted octanol–water partition coefficient (Wildman–Crippen LogP) is 4.03. The summed E-state index contributed by atoms with van der Waals surface area (Å²) in [4.78, 5) is 5.25. The highest BCUT2D eigenvalue weighted by molar-refractivity contribution is 7.15. The fraction of sp³-hybridized carbons (Fsp3) is 0.154. The molecule has 0 radical (unpaired) electrons. The summed E-state index contributed by atoms with van der Waals surface area (Å²) >= 11 is 13.3. The first-order chi connectivity index (χ1) is 10.1. The molecule has 3 rings (SSSR count). The molecule has 21 heavy (non-hydrogen) atoms. The van der Waals surface area contributed by atoms with Gasteiger partial charge in [-0.1, -0.05) is 23.2 Å². The molecule has 0 aliphatic heterocycles. The molecule has 110 valence electrons. The number of rotatable bonds is 4. The molecule has 0 saturated heterocycles. The van der Waals surface area contributed by atoms with E-state index in [1.807, 2.05) is 16.0 Å². The first kappa shape index (κ1) is 14.3. The van der Waals surface area contributed by atoms with Crippen molar-refractivity contribution in [1.29, 1.82) is 0 Å². The van der Waals surface area contributed by atoms with Crippen LogP contribution in [0, 0.1) is 0 Å². The summed E-state index contributed by atoms with van der Waals surface area (Å²) in [6.07, 6.45) is 1.93. The number of hydrogen-bond acceptors (Lipinski definition) is 5. The van der Waals surface area contributed by atoms with Crippen molar-refractivity contribution >= 4 is 45.2 Å². The second-order valence-corrected chi connectivity index (χ2v) is 5.95. The van der Waals surface area contributed by atoms with Gasteiger partial charge in [0.05, 0.1) is 23.7 Å². The van der Waals surface area contributed by atoms with Gasteiger partial charge in [0.1, 0.15) is 5.69 Å². The summed E-state index contributed by atoms with van der Waals surface area (Å²) in [5.41, 5.74) is 1.60. The quantitative estimate of drug-likeness (QED) is 0.702. The second-order valence-electron chi connectivity index (χ2n) is 4.27. The Labute approximate surface area is 134 Å². The number of aromatic hydroxyl groups is 1. The van der Waals surface area contributed by atoms with Gasteiger partial charge in [0.25, 0.3) is 0 Å². The van der Waals surface area contributed by atoms with E-state index in [9.17, 15) is 5.11 Å². The van der Waals surface area contributed by atoms with E-state index in [-0.39, 0.29) is 15.8 Å². The van der Waals surface area contributed by atoms with Crippen molar-refractivity contribution in [3.8, 4) is 11.6 Å². The Morgan fingerprint density at radius 3 is 2.76 bits per heavy atom. The topological polar surface area (TPSA) is 58.8 Å². The van der Waals surface area contributed by atoms with Crippen LogP contribution in [0.2, 0.25) is 10.0 Å². The first-order valence-electron chi connectivity index (χ1n) is 6.00. The van der Waals surface area contributed by atoms with E-state index >= 15 is 0 Å². The fourth-order valence-corrected chi connectivity index (χ4v) is 3.20. The molecule has 5 nitrogen and oxygen atoms in total. The largest absolute Gasteiger partial charge is 0.505 e. The molecular formula is C13H11Cl2N3O2S. The van der Waals surface area contributed by atoms with Gasteiger partial charge in [-0.15, -0.1) is 11.3 Å². The first-order valence-corrected chi connectivity index (χ1v) is 7.64. The van der Waals surface area contributed by atoms with E-state index < -0.39 is 0 Å². The van der Waals surface area contributed by atoms with Crippen LogP contribution in [0.3, 0.4) is 0 Å². The van der Waals surface area contributed by atoms with Crippen molar-refractivity contribution in [3.63, 3.8) is 0 Å². The Kier molecular flexibility index (Phi) is 3.84. The Balaban J connectivity index is 1.88. The summed E-state index contributed by atoms with van der Waals surface area (Å²) in [5, 5.41) is 15.1. The number of imidazole rings is 1. The predicted molar refractivity (Wildman–Crippen MR) is 85.1 cm³/mol. The van der Waals surface area contributed by atoms with Gasteiger partial charge in [0, 0.05) is 17.3 Å². The zero-order valence-corrected chi connectivity index (χ0v) is 13.3. The zero-order chi connectivity index (χ0) is 15.0. The van der Waals surface area contributed by atoms with E-state index in [0.29, 0.717) is 18.1 Å². The number of thiazole rings is 1. The molecule has 1 aromatic carbocycles. The SMILES string of the molecule is COc1nc2sccn2c1CNc1cc(Cl)c(O)c(Cl)c1. The molecular weight excluding hydrogens is 333 g/mol. The van der Waals surface area contributed by atoms with E-state index in [1.165, 1.54) is 11.3 Å². The standard InChI is InChI=1S/C13H11Cl2N3O2S/c1-20-12-10(18-2-3-21-13(18)17-12)6-16-7-4-8(14)11(19)9(15)5-7/h2-5,16,19H,6H2,1H3. The van der Waals surface area contributed by atoms with Gasteiger partial charge in [-0.25, -0.2) is 0 Å². The number of phenols is 1. The van der Waals surface area contributed by atoms with E-state index in [1.54, 1.807) is 19.2 Å². The molecule has 0 spiro atoms. The molecule has 2 N–H and O–H groups in total. The molecule has 0 atom stereocenters. The number of nitrogens with one attached hydrogen (secondary N) is 1. The number of hydrogen-bond donors (Lipinski definition) is 2. The number of benzene rings is 1. The molecule has 0 saturated carbocycles. The van der Waals surface area contributed by atoms with Gasteiger partial charge in [-0.3, -0.25) is 4.40 Å². The van der Waals surface area contributed by atoms with Gasteiger partial charge < -0.3 is 15.2 Å². The summed E-state index contributed by atoms with van der Waals surface area (Å²) in [6, 6.07) is 3.22. The number of anilines is 1. The molecule has 0 unspecified atom stereocenters. The van der Waals surface area contributed by atoms with Crippen molar-refractivity contribution < 1.29 is 9.84 Å². The lowest BCUT2D eigenvalue weighted by molar-refractivity contribution is 0.395. The highest BCUT2D eigenvalue weighted by Crippen LogP contribution is 2.35. The number of halogens is 2. The Hall–Kier alpha value is -1.63. The minimum atomic E-state index is -0.119. The summed E-state index contributed by atoms with van der Waals surface area (Å²) in [7, 11) is 1.59. The number of nitrogens with zero attached hydrogens (tertiary/aromatic N) is 2.